The highest BCUT2D eigenvalue weighted by Gasteiger charge is 2.28. The Bertz CT molecular complexity index is 1270. The summed E-state index contributed by atoms with van der Waals surface area (Å²) in [6.45, 7) is 0. The number of fused-ring (bicyclic) bond motifs is 3. The van der Waals surface area contributed by atoms with Gasteiger partial charge in [0, 0.05) is 16.0 Å². The van der Waals surface area contributed by atoms with Crippen molar-refractivity contribution < 1.29 is 19.1 Å². The lowest BCUT2D eigenvalue weighted by atomic mass is 9.93. The molecule has 3 aromatic carbocycles. The van der Waals surface area contributed by atoms with Gasteiger partial charge < -0.3 is 9.47 Å². The van der Waals surface area contributed by atoms with Crippen molar-refractivity contribution in [1.82, 2.24) is 4.98 Å². The Kier molecular flexibility index (Phi) is 4.91. The number of nitrogens with zero attached hydrogens (tertiary/aromatic N) is 1. The van der Waals surface area contributed by atoms with Gasteiger partial charge in [-0.25, -0.2) is 14.6 Å². The molecule has 29 heavy (non-hydrogen) atoms. The fourth-order valence-corrected chi connectivity index (χ4v) is 3.59. The second-order valence-electron chi connectivity index (χ2n) is 6.38. The molecule has 4 rings (SSSR count). The van der Waals surface area contributed by atoms with Crippen LogP contribution >= 0.6 is 11.6 Å². The minimum atomic E-state index is -0.669. The van der Waals surface area contributed by atoms with Gasteiger partial charge in [-0.2, -0.15) is 0 Å². The maximum absolute atomic E-state index is 12.9. The highest BCUT2D eigenvalue weighted by Crippen LogP contribution is 2.35. The van der Waals surface area contributed by atoms with Crippen molar-refractivity contribution >= 4 is 45.2 Å². The lowest BCUT2D eigenvalue weighted by Crippen LogP contribution is -2.15. The summed E-state index contributed by atoms with van der Waals surface area (Å²) in [5, 5.41) is 2.81. The van der Waals surface area contributed by atoms with Crippen molar-refractivity contribution in [2.75, 3.05) is 14.2 Å². The minimum Gasteiger partial charge on any atom is -0.465 e. The van der Waals surface area contributed by atoms with Crippen molar-refractivity contribution in [1.29, 1.82) is 0 Å². The largest absolute Gasteiger partial charge is 0.465 e. The van der Waals surface area contributed by atoms with Crippen LogP contribution in [0.1, 0.15) is 20.7 Å². The van der Waals surface area contributed by atoms with Crippen molar-refractivity contribution in [2.24, 2.45) is 0 Å². The summed E-state index contributed by atoms with van der Waals surface area (Å²) in [5.74, 6) is -1.30. The fraction of sp³-hybridized carbons (Fsp3) is 0.0870. The smallest absolute Gasteiger partial charge is 0.340 e. The van der Waals surface area contributed by atoms with Crippen LogP contribution in [0, 0.1) is 0 Å². The summed E-state index contributed by atoms with van der Waals surface area (Å²) in [6.07, 6.45) is 0. The zero-order valence-electron chi connectivity index (χ0n) is 15.7. The van der Waals surface area contributed by atoms with Gasteiger partial charge in [0.15, 0.2) is 0 Å². The van der Waals surface area contributed by atoms with E-state index in [0.29, 0.717) is 27.2 Å². The monoisotopic (exact) mass is 405 g/mol. The van der Waals surface area contributed by atoms with E-state index in [1.54, 1.807) is 24.3 Å². The third kappa shape index (κ3) is 3.19. The Labute approximate surface area is 171 Å². The van der Waals surface area contributed by atoms with Gasteiger partial charge in [-0.1, -0.05) is 54.1 Å². The molecule has 1 heterocycles. The molecule has 0 saturated carbocycles. The van der Waals surface area contributed by atoms with E-state index in [1.807, 2.05) is 36.4 Å². The summed E-state index contributed by atoms with van der Waals surface area (Å²) in [5.41, 5.74) is 1.73. The van der Waals surface area contributed by atoms with Crippen LogP contribution in [0.2, 0.25) is 5.02 Å². The molecule has 1 aromatic heterocycles. The van der Waals surface area contributed by atoms with Crippen LogP contribution in [0.4, 0.5) is 0 Å². The maximum atomic E-state index is 12.9. The van der Waals surface area contributed by atoms with E-state index in [-0.39, 0.29) is 11.1 Å². The topological polar surface area (TPSA) is 65.5 Å². The first-order valence-electron chi connectivity index (χ1n) is 8.83. The van der Waals surface area contributed by atoms with E-state index in [2.05, 4.69) is 0 Å². The van der Waals surface area contributed by atoms with E-state index in [0.717, 1.165) is 10.8 Å². The van der Waals surface area contributed by atoms with E-state index < -0.39 is 11.9 Å². The van der Waals surface area contributed by atoms with Crippen LogP contribution in [-0.2, 0) is 9.47 Å². The number of halogens is 1. The fourth-order valence-electron chi connectivity index (χ4n) is 3.46. The second-order valence-corrected chi connectivity index (χ2v) is 6.82. The van der Waals surface area contributed by atoms with Gasteiger partial charge in [0.05, 0.1) is 31.0 Å². The molecule has 0 fully saturated rings. The van der Waals surface area contributed by atoms with Gasteiger partial charge in [-0.3, -0.25) is 0 Å². The number of benzene rings is 3. The Morgan fingerprint density at radius 2 is 1.48 bits per heavy atom. The van der Waals surface area contributed by atoms with Crippen LogP contribution in [0.3, 0.4) is 0 Å². The van der Waals surface area contributed by atoms with Gasteiger partial charge in [-0.05, 0) is 29.0 Å². The Morgan fingerprint density at radius 1 is 0.828 bits per heavy atom. The van der Waals surface area contributed by atoms with Crippen molar-refractivity contribution in [3.8, 4) is 11.3 Å². The number of hydrogen-bond donors (Lipinski definition) is 0. The molecule has 0 radical (unpaired) electrons. The Hall–Kier alpha value is -3.44. The number of rotatable bonds is 3. The Morgan fingerprint density at radius 3 is 2.17 bits per heavy atom. The first-order valence-corrected chi connectivity index (χ1v) is 9.21. The number of esters is 2. The van der Waals surface area contributed by atoms with Crippen LogP contribution in [0.5, 0.6) is 0 Å². The summed E-state index contributed by atoms with van der Waals surface area (Å²) in [6, 6.07) is 18.2. The molecular formula is C23H16ClNO4. The number of pyridine rings is 1. The van der Waals surface area contributed by atoms with Crippen molar-refractivity contribution in [2.45, 2.75) is 0 Å². The molecule has 0 atom stereocenters. The average molecular weight is 406 g/mol. The van der Waals surface area contributed by atoms with Gasteiger partial charge >= 0.3 is 11.9 Å². The summed E-state index contributed by atoms with van der Waals surface area (Å²) in [4.78, 5) is 30.4. The molecule has 0 aliphatic rings. The number of carbonyl (C=O) groups excluding carboxylic acids is 2. The predicted octanol–water partition coefficient (Wildman–Crippen LogP) is 5.28. The van der Waals surface area contributed by atoms with Crippen LogP contribution < -0.4 is 0 Å². The normalized spacial score (nSPS) is 10.9. The first kappa shape index (κ1) is 18.9. The van der Waals surface area contributed by atoms with Crippen LogP contribution in [-0.4, -0.2) is 31.1 Å². The molecule has 0 aliphatic carbocycles. The highest BCUT2D eigenvalue weighted by molar-refractivity contribution is 6.30. The Balaban J connectivity index is 2.22. The summed E-state index contributed by atoms with van der Waals surface area (Å²) < 4.78 is 10.0. The number of hydrogen-bond acceptors (Lipinski definition) is 5. The van der Waals surface area contributed by atoms with E-state index in [9.17, 15) is 9.59 Å². The molecule has 0 spiro atoms. The van der Waals surface area contributed by atoms with E-state index in [1.165, 1.54) is 14.2 Å². The molecular weight excluding hydrogens is 390 g/mol. The molecule has 0 bridgehead atoms. The van der Waals surface area contributed by atoms with Crippen molar-refractivity contribution in [3.63, 3.8) is 0 Å². The number of methoxy groups -OCH3 is 2. The van der Waals surface area contributed by atoms with Gasteiger partial charge in [0.25, 0.3) is 0 Å². The van der Waals surface area contributed by atoms with Gasteiger partial charge in [0.1, 0.15) is 5.56 Å². The molecule has 4 aromatic rings. The van der Waals surface area contributed by atoms with E-state index >= 15 is 0 Å². The number of aromatic nitrogens is 1. The first-order chi connectivity index (χ1) is 14.0. The summed E-state index contributed by atoms with van der Waals surface area (Å²) >= 11 is 6.01. The summed E-state index contributed by atoms with van der Waals surface area (Å²) in [7, 11) is 2.55. The molecule has 0 amide bonds. The molecule has 0 aliphatic heterocycles. The zero-order valence-corrected chi connectivity index (χ0v) is 16.5. The molecule has 144 valence electrons. The van der Waals surface area contributed by atoms with E-state index in [4.69, 9.17) is 26.1 Å². The third-order valence-electron chi connectivity index (χ3n) is 4.77. The third-order valence-corrected chi connectivity index (χ3v) is 5.02. The van der Waals surface area contributed by atoms with Gasteiger partial charge in [-0.15, -0.1) is 0 Å². The molecule has 6 heteroatoms. The van der Waals surface area contributed by atoms with Crippen molar-refractivity contribution in [3.05, 3.63) is 76.8 Å². The lowest BCUT2D eigenvalue weighted by Gasteiger charge is -2.16. The average Bonchev–Trinajstić information content (AvgIpc) is 2.77. The second kappa shape index (κ2) is 7.53. The quantitative estimate of drug-likeness (QED) is 0.342. The van der Waals surface area contributed by atoms with Crippen LogP contribution in [0.15, 0.2) is 60.7 Å². The standard InChI is InChI=1S/C23H16ClNO4/c1-28-22(26)19-18-16-6-4-3-5-13(16)9-12-17(18)25-21(20(19)23(27)29-2)14-7-10-15(24)11-8-14/h3-12H,1-2H3. The lowest BCUT2D eigenvalue weighted by molar-refractivity contribution is 0.0557. The maximum Gasteiger partial charge on any atom is 0.340 e. The highest BCUT2D eigenvalue weighted by atomic mass is 35.5. The predicted molar refractivity (Wildman–Crippen MR) is 112 cm³/mol. The molecule has 0 N–H and O–H groups in total. The molecule has 5 nitrogen and oxygen atoms in total. The van der Waals surface area contributed by atoms with Gasteiger partial charge in [0.2, 0.25) is 0 Å². The minimum absolute atomic E-state index is 0.0607. The SMILES string of the molecule is COC(=O)c1c(-c2ccc(Cl)cc2)nc2ccc3ccccc3c2c1C(=O)OC. The van der Waals surface area contributed by atoms with Crippen LogP contribution in [0.25, 0.3) is 32.9 Å². The number of carbonyl (C=O) groups is 2. The molecule has 0 saturated heterocycles. The molecule has 0 unspecified atom stereocenters. The zero-order chi connectivity index (χ0) is 20.5. The number of ether oxygens (including phenoxy) is 2.